The number of hydrogen-bond acceptors (Lipinski definition) is 4. The molecule has 1 aliphatic heterocycles. The van der Waals surface area contributed by atoms with Gasteiger partial charge in [0.2, 0.25) is 11.8 Å². The normalized spacial score (nSPS) is 21.6. The van der Waals surface area contributed by atoms with Crippen molar-refractivity contribution in [2.75, 3.05) is 32.8 Å². The predicted octanol–water partition coefficient (Wildman–Crippen LogP) is 1.70. The van der Waals surface area contributed by atoms with Crippen LogP contribution in [0.2, 0.25) is 0 Å². The van der Waals surface area contributed by atoms with Crippen LogP contribution in [0.3, 0.4) is 0 Å². The zero-order valence-corrected chi connectivity index (χ0v) is 16.0. The van der Waals surface area contributed by atoms with E-state index in [1.165, 1.54) is 12.0 Å². The third-order valence-corrected chi connectivity index (χ3v) is 5.40. The second-order valence-electron chi connectivity index (χ2n) is 7.57. The maximum atomic E-state index is 12.1. The standard InChI is InChI=1S/C21H31N3O3/c25-20(14-23-21(26)18-9-5-2-6-10-18)22-13-19-16-24(11-12-27-19)15-17-7-3-1-4-8-17/h1,3-4,7-8,18-19H,2,5-6,9-16H2,(H,22,25)(H,23,26). The molecule has 0 aromatic heterocycles. The fraction of sp³-hybridized carbons (Fsp3) is 0.619. The zero-order valence-electron chi connectivity index (χ0n) is 16.0. The van der Waals surface area contributed by atoms with E-state index in [1.54, 1.807) is 0 Å². The first-order valence-corrected chi connectivity index (χ1v) is 10.1. The Bertz CT molecular complexity index is 602. The van der Waals surface area contributed by atoms with Gasteiger partial charge in [0.25, 0.3) is 0 Å². The molecular formula is C21H31N3O3. The van der Waals surface area contributed by atoms with Crippen LogP contribution < -0.4 is 10.6 Å². The van der Waals surface area contributed by atoms with E-state index in [0.29, 0.717) is 13.2 Å². The van der Waals surface area contributed by atoms with E-state index in [1.807, 2.05) is 6.07 Å². The first kappa shape index (κ1) is 19.8. The number of rotatable bonds is 7. The van der Waals surface area contributed by atoms with Crippen LogP contribution in [-0.2, 0) is 20.9 Å². The lowest BCUT2D eigenvalue weighted by molar-refractivity contribution is -0.129. The van der Waals surface area contributed by atoms with Crippen molar-refractivity contribution in [3.05, 3.63) is 35.9 Å². The number of hydrogen-bond donors (Lipinski definition) is 2. The molecule has 1 heterocycles. The average molecular weight is 373 g/mol. The van der Waals surface area contributed by atoms with E-state index in [4.69, 9.17) is 4.74 Å². The van der Waals surface area contributed by atoms with Gasteiger partial charge in [-0.15, -0.1) is 0 Å². The molecule has 1 aliphatic carbocycles. The predicted molar refractivity (Wildman–Crippen MR) is 104 cm³/mol. The quantitative estimate of drug-likeness (QED) is 0.763. The van der Waals surface area contributed by atoms with Crippen LogP contribution >= 0.6 is 0 Å². The van der Waals surface area contributed by atoms with Crippen LogP contribution in [-0.4, -0.2) is 55.6 Å². The lowest BCUT2D eigenvalue weighted by Crippen LogP contribution is -2.48. The monoisotopic (exact) mass is 373 g/mol. The Kier molecular flexibility index (Phi) is 7.66. The molecule has 0 radical (unpaired) electrons. The summed E-state index contributed by atoms with van der Waals surface area (Å²) >= 11 is 0. The summed E-state index contributed by atoms with van der Waals surface area (Å²) in [6.07, 6.45) is 5.32. The molecule has 1 aromatic rings. The molecule has 2 amide bonds. The van der Waals surface area contributed by atoms with E-state index in [0.717, 1.165) is 45.3 Å². The first-order valence-electron chi connectivity index (χ1n) is 10.1. The van der Waals surface area contributed by atoms with Crippen LogP contribution in [0, 0.1) is 5.92 Å². The Morgan fingerprint density at radius 1 is 1.07 bits per heavy atom. The second-order valence-corrected chi connectivity index (χ2v) is 7.57. The summed E-state index contributed by atoms with van der Waals surface area (Å²) in [5.74, 6) is -0.0458. The van der Waals surface area contributed by atoms with Crippen LogP contribution in [0.25, 0.3) is 0 Å². The largest absolute Gasteiger partial charge is 0.374 e. The Balaban J connectivity index is 1.33. The molecule has 6 nitrogen and oxygen atoms in total. The van der Waals surface area contributed by atoms with Gasteiger partial charge in [-0.05, 0) is 18.4 Å². The summed E-state index contributed by atoms with van der Waals surface area (Å²) in [7, 11) is 0. The summed E-state index contributed by atoms with van der Waals surface area (Å²) < 4.78 is 5.77. The summed E-state index contributed by atoms with van der Waals surface area (Å²) in [4.78, 5) is 26.5. The van der Waals surface area contributed by atoms with Gasteiger partial charge in [0.15, 0.2) is 0 Å². The van der Waals surface area contributed by atoms with Gasteiger partial charge < -0.3 is 15.4 Å². The number of nitrogens with zero attached hydrogens (tertiary/aromatic N) is 1. The molecule has 0 spiro atoms. The van der Waals surface area contributed by atoms with Crippen molar-refractivity contribution in [3.63, 3.8) is 0 Å². The number of carbonyl (C=O) groups is 2. The van der Waals surface area contributed by atoms with Crippen LogP contribution in [0.1, 0.15) is 37.7 Å². The van der Waals surface area contributed by atoms with Crippen molar-refractivity contribution in [2.45, 2.75) is 44.8 Å². The van der Waals surface area contributed by atoms with Gasteiger partial charge >= 0.3 is 0 Å². The molecule has 2 aliphatic rings. The Hall–Kier alpha value is -1.92. The highest BCUT2D eigenvalue weighted by atomic mass is 16.5. The van der Waals surface area contributed by atoms with Gasteiger partial charge in [0.05, 0.1) is 19.3 Å². The van der Waals surface area contributed by atoms with Crippen molar-refractivity contribution in [1.29, 1.82) is 0 Å². The minimum absolute atomic E-state index is 0.0135. The molecular weight excluding hydrogens is 342 g/mol. The van der Waals surface area contributed by atoms with E-state index < -0.39 is 0 Å². The second kappa shape index (κ2) is 10.4. The van der Waals surface area contributed by atoms with Crippen LogP contribution in [0.5, 0.6) is 0 Å². The summed E-state index contributed by atoms with van der Waals surface area (Å²) in [5.41, 5.74) is 1.28. The lowest BCUT2D eigenvalue weighted by Gasteiger charge is -2.33. The average Bonchev–Trinajstić information content (AvgIpc) is 2.72. The smallest absolute Gasteiger partial charge is 0.239 e. The molecule has 148 valence electrons. The highest BCUT2D eigenvalue weighted by Gasteiger charge is 2.23. The molecule has 1 atom stereocenters. The van der Waals surface area contributed by atoms with Crippen molar-refractivity contribution >= 4 is 11.8 Å². The first-order chi connectivity index (χ1) is 13.2. The van der Waals surface area contributed by atoms with E-state index in [-0.39, 0.29) is 30.4 Å². The molecule has 3 rings (SSSR count). The number of benzene rings is 1. The minimum atomic E-state index is -0.150. The molecule has 6 heteroatoms. The molecule has 1 saturated carbocycles. The van der Waals surface area contributed by atoms with Gasteiger partial charge in [-0.25, -0.2) is 0 Å². The van der Waals surface area contributed by atoms with Gasteiger partial charge in [-0.3, -0.25) is 14.5 Å². The highest BCUT2D eigenvalue weighted by Crippen LogP contribution is 2.23. The molecule has 27 heavy (non-hydrogen) atoms. The van der Waals surface area contributed by atoms with Crippen molar-refractivity contribution < 1.29 is 14.3 Å². The third-order valence-electron chi connectivity index (χ3n) is 5.40. The zero-order chi connectivity index (χ0) is 18.9. The Morgan fingerprint density at radius 3 is 2.63 bits per heavy atom. The fourth-order valence-corrected chi connectivity index (χ4v) is 3.86. The van der Waals surface area contributed by atoms with Gasteiger partial charge in [-0.2, -0.15) is 0 Å². The topological polar surface area (TPSA) is 70.7 Å². The Labute approximate surface area is 161 Å². The fourth-order valence-electron chi connectivity index (χ4n) is 3.86. The van der Waals surface area contributed by atoms with E-state index in [9.17, 15) is 9.59 Å². The highest BCUT2D eigenvalue weighted by molar-refractivity contribution is 5.85. The summed E-state index contributed by atoms with van der Waals surface area (Å²) in [6.45, 7) is 3.79. The minimum Gasteiger partial charge on any atom is -0.374 e. The number of amides is 2. The van der Waals surface area contributed by atoms with Crippen molar-refractivity contribution in [3.8, 4) is 0 Å². The lowest BCUT2D eigenvalue weighted by atomic mass is 9.89. The van der Waals surface area contributed by atoms with E-state index >= 15 is 0 Å². The van der Waals surface area contributed by atoms with Gasteiger partial charge in [-0.1, -0.05) is 49.6 Å². The molecule has 1 unspecified atom stereocenters. The summed E-state index contributed by atoms with van der Waals surface area (Å²) in [6, 6.07) is 10.4. The van der Waals surface area contributed by atoms with Crippen molar-refractivity contribution in [2.24, 2.45) is 5.92 Å². The maximum Gasteiger partial charge on any atom is 0.239 e. The number of carbonyl (C=O) groups excluding carboxylic acids is 2. The molecule has 2 fully saturated rings. The van der Waals surface area contributed by atoms with E-state index in [2.05, 4.69) is 39.8 Å². The molecule has 1 aromatic carbocycles. The van der Waals surface area contributed by atoms with Gasteiger partial charge in [0.1, 0.15) is 0 Å². The molecule has 0 bridgehead atoms. The van der Waals surface area contributed by atoms with Crippen molar-refractivity contribution in [1.82, 2.24) is 15.5 Å². The Morgan fingerprint density at radius 2 is 1.85 bits per heavy atom. The van der Waals surface area contributed by atoms with Crippen LogP contribution in [0.15, 0.2) is 30.3 Å². The molecule has 1 saturated heterocycles. The number of nitrogens with one attached hydrogen (secondary N) is 2. The molecule has 2 N–H and O–H groups in total. The van der Waals surface area contributed by atoms with Crippen LogP contribution in [0.4, 0.5) is 0 Å². The third kappa shape index (κ3) is 6.63. The number of morpholine rings is 1. The SMILES string of the molecule is O=C(CNC(=O)C1CCCCC1)NCC1CN(Cc2ccccc2)CCO1. The summed E-state index contributed by atoms with van der Waals surface area (Å²) in [5, 5.41) is 5.67. The number of ether oxygens (including phenoxy) is 1. The van der Waals surface area contributed by atoms with Gasteiger partial charge in [0, 0.05) is 32.1 Å². The maximum absolute atomic E-state index is 12.1.